The first-order valence-electron chi connectivity index (χ1n) is 10.1. The molecule has 1 saturated heterocycles. The molecule has 1 unspecified atom stereocenters. The summed E-state index contributed by atoms with van der Waals surface area (Å²) in [7, 11) is 2.01. The van der Waals surface area contributed by atoms with E-state index in [4.69, 9.17) is 0 Å². The molecule has 4 heterocycles. The van der Waals surface area contributed by atoms with Gasteiger partial charge in [0, 0.05) is 54.0 Å². The Labute approximate surface area is 182 Å². The molecule has 1 aliphatic rings. The predicted molar refractivity (Wildman–Crippen MR) is 124 cm³/mol. The molecule has 7 heteroatoms. The molecule has 1 aliphatic heterocycles. The summed E-state index contributed by atoms with van der Waals surface area (Å²) >= 11 is 3.76. The number of nitrogens with zero attached hydrogens (tertiary/aromatic N) is 4. The third-order valence-electron chi connectivity index (χ3n) is 5.81. The number of halogens is 1. The van der Waals surface area contributed by atoms with E-state index in [1.807, 2.05) is 25.2 Å². The molecule has 152 valence electrons. The van der Waals surface area contributed by atoms with Crippen LogP contribution in [0.25, 0.3) is 33.4 Å². The van der Waals surface area contributed by atoms with Crippen LogP contribution in [0.2, 0.25) is 0 Å². The average molecular weight is 464 g/mol. The predicted octanol–water partition coefficient (Wildman–Crippen LogP) is 4.35. The normalized spacial score (nSPS) is 16.9. The largest absolute Gasteiger partial charge is 0.370 e. The molecule has 5 rings (SSSR count). The highest BCUT2D eigenvalue weighted by molar-refractivity contribution is 9.09. The molecule has 30 heavy (non-hydrogen) atoms. The van der Waals surface area contributed by atoms with Gasteiger partial charge in [-0.25, -0.2) is 5.10 Å². The number of nitrogens with one attached hydrogen (secondary N) is 1. The van der Waals surface area contributed by atoms with E-state index in [1.54, 1.807) is 12.4 Å². The number of aromatic amines is 1. The molecule has 1 aromatic carbocycles. The number of pyridine rings is 1. The Morgan fingerprint density at radius 3 is 2.77 bits per heavy atom. The van der Waals surface area contributed by atoms with Gasteiger partial charge < -0.3 is 9.47 Å². The molecule has 1 atom stereocenters. The fourth-order valence-corrected chi connectivity index (χ4v) is 4.87. The molecule has 6 nitrogen and oxygen atoms in total. The summed E-state index contributed by atoms with van der Waals surface area (Å²) in [6.07, 6.45) is 5.85. The van der Waals surface area contributed by atoms with Gasteiger partial charge in [-0.05, 0) is 49.2 Å². The lowest BCUT2D eigenvalue weighted by Gasteiger charge is -2.32. The smallest absolute Gasteiger partial charge is 0.273 e. The monoisotopic (exact) mass is 463 g/mol. The molecule has 0 spiro atoms. The van der Waals surface area contributed by atoms with Crippen LogP contribution in [0.3, 0.4) is 0 Å². The minimum Gasteiger partial charge on any atom is -0.370 e. The third-order valence-corrected chi connectivity index (χ3v) is 6.56. The second-order valence-corrected chi connectivity index (χ2v) is 9.04. The number of fused-ring (bicyclic) bond motifs is 1. The van der Waals surface area contributed by atoms with Crippen LogP contribution in [0.5, 0.6) is 0 Å². The minimum atomic E-state index is -0.197. The minimum absolute atomic E-state index is 0.197. The maximum atomic E-state index is 12.6. The zero-order valence-electron chi connectivity index (χ0n) is 16.7. The number of rotatable bonds is 3. The Hall–Kier alpha value is -2.93. The first-order chi connectivity index (χ1) is 14.6. The Morgan fingerprint density at radius 2 is 1.97 bits per heavy atom. The van der Waals surface area contributed by atoms with Gasteiger partial charge in [-0.15, -0.1) is 0 Å². The van der Waals surface area contributed by atoms with Crippen LogP contribution >= 0.6 is 15.9 Å². The number of alkyl halides is 1. The van der Waals surface area contributed by atoms with Crippen LogP contribution < -0.4 is 10.5 Å². The summed E-state index contributed by atoms with van der Waals surface area (Å²) in [4.78, 5) is 19.6. The van der Waals surface area contributed by atoms with Crippen LogP contribution in [-0.4, -0.2) is 37.7 Å². The van der Waals surface area contributed by atoms with Crippen molar-refractivity contribution in [2.45, 2.75) is 17.7 Å². The molecule has 1 fully saturated rings. The molecule has 1 N–H and O–H groups in total. The number of aromatic nitrogens is 4. The van der Waals surface area contributed by atoms with Gasteiger partial charge in [-0.3, -0.25) is 9.78 Å². The number of aryl methyl sites for hydroxylation is 1. The second-order valence-electron chi connectivity index (χ2n) is 7.75. The molecule has 4 aromatic rings. The Kier molecular flexibility index (Phi) is 4.90. The van der Waals surface area contributed by atoms with E-state index in [-0.39, 0.29) is 5.56 Å². The quantitative estimate of drug-likeness (QED) is 0.458. The number of hydrogen-bond acceptors (Lipinski definition) is 4. The SMILES string of the molecule is Cn1c(-c2cc(-c3ccncc3)n[nH]c2=O)cc2ccc(N3CCCC(Br)C3)cc21. The first kappa shape index (κ1) is 19.1. The fraction of sp³-hybridized carbons (Fsp3) is 0.261. The molecule has 0 amide bonds. The number of benzene rings is 1. The highest BCUT2D eigenvalue weighted by Gasteiger charge is 2.19. The lowest BCUT2D eigenvalue weighted by atomic mass is 10.1. The molecular formula is C23H22BrN5O. The van der Waals surface area contributed by atoms with Crippen LogP contribution in [-0.2, 0) is 7.05 Å². The highest BCUT2D eigenvalue weighted by Crippen LogP contribution is 2.31. The van der Waals surface area contributed by atoms with Gasteiger partial charge in [-0.1, -0.05) is 22.0 Å². The standard InChI is InChI=1S/C23H22BrN5O/c1-28-21-12-18(29-10-2-3-17(24)14-29)5-4-16(21)11-22(28)19-13-20(26-27-23(19)30)15-6-8-25-9-7-15/h4-9,11-13,17H,2-3,10,14H2,1H3,(H,27,30). The summed E-state index contributed by atoms with van der Waals surface area (Å²) < 4.78 is 2.09. The maximum Gasteiger partial charge on any atom is 0.273 e. The fourth-order valence-electron chi connectivity index (χ4n) is 4.20. The van der Waals surface area contributed by atoms with Gasteiger partial charge in [0.15, 0.2) is 0 Å². The Morgan fingerprint density at radius 1 is 1.13 bits per heavy atom. The van der Waals surface area contributed by atoms with E-state index < -0.39 is 0 Å². The van der Waals surface area contributed by atoms with Gasteiger partial charge in [0.05, 0.1) is 22.5 Å². The van der Waals surface area contributed by atoms with Crippen LogP contribution in [0.4, 0.5) is 5.69 Å². The summed E-state index contributed by atoms with van der Waals surface area (Å²) in [6.45, 7) is 2.09. The van der Waals surface area contributed by atoms with Crippen molar-refractivity contribution < 1.29 is 0 Å². The summed E-state index contributed by atoms with van der Waals surface area (Å²) in [5.41, 5.74) is 5.25. The van der Waals surface area contributed by atoms with Gasteiger partial charge in [0.25, 0.3) is 5.56 Å². The Bertz CT molecular complexity index is 1260. The molecule has 0 radical (unpaired) electrons. The highest BCUT2D eigenvalue weighted by atomic mass is 79.9. The topological polar surface area (TPSA) is 66.8 Å². The molecule has 0 saturated carbocycles. The first-order valence-corrected chi connectivity index (χ1v) is 11.0. The number of hydrogen-bond donors (Lipinski definition) is 1. The van der Waals surface area contributed by atoms with Crippen molar-refractivity contribution in [2.24, 2.45) is 7.05 Å². The van der Waals surface area contributed by atoms with Crippen molar-refractivity contribution in [3.05, 3.63) is 65.2 Å². The zero-order valence-corrected chi connectivity index (χ0v) is 18.3. The number of anilines is 1. The summed E-state index contributed by atoms with van der Waals surface area (Å²) in [5.74, 6) is 0. The van der Waals surface area contributed by atoms with E-state index in [0.29, 0.717) is 10.4 Å². The van der Waals surface area contributed by atoms with E-state index in [9.17, 15) is 4.79 Å². The van der Waals surface area contributed by atoms with Crippen LogP contribution in [0, 0.1) is 0 Å². The second kappa shape index (κ2) is 7.72. The van der Waals surface area contributed by atoms with Crippen LogP contribution in [0.1, 0.15) is 12.8 Å². The molecule has 3 aromatic heterocycles. The number of piperidine rings is 1. The van der Waals surface area contributed by atoms with Crippen molar-refractivity contribution in [3.63, 3.8) is 0 Å². The molecule has 0 bridgehead atoms. The molecule has 0 aliphatic carbocycles. The van der Waals surface area contributed by atoms with Crippen molar-refractivity contribution in [1.82, 2.24) is 19.7 Å². The van der Waals surface area contributed by atoms with E-state index in [1.165, 1.54) is 18.5 Å². The lowest BCUT2D eigenvalue weighted by molar-refractivity contribution is 0.596. The van der Waals surface area contributed by atoms with Crippen molar-refractivity contribution in [2.75, 3.05) is 18.0 Å². The van der Waals surface area contributed by atoms with E-state index >= 15 is 0 Å². The van der Waals surface area contributed by atoms with Gasteiger partial charge >= 0.3 is 0 Å². The van der Waals surface area contributed by atoms with Crippen molar-refractivity contribution >= 4 is 32.5 Å². The van der Waals surface area contributed by atoms with Crippen molar-refractivity contribution in [3.8, 4) is 22.5 Å². The number of H-pyrrole nitrogens is 1. The molecular weight excluding hydrogens is 442 g/mol. The summed E-state index contributed by atoms with van der Waals surface area (Å²) in [6, 6.07) is 14.2. The van der Waals surface area contributed by atoms with Gasteiger partial charge in [0.2, 0.25) is 0 Å². The van der Waals surface area contributed by atoms with E-state index in [2.05, 4.69) is 64.8 Å². The third kappa shape index (κ3) is 3.43. The summed E-state index contributed by atoms with van der Waals surface area (Å²) in [5, 5.41) is 7.98. The zero-order chi connectivity index (χ0) is 20.7. The van der Waals surface area contributed by atoms with E-state index in [0.717, 1.165) is 40.9 Å². The van der Waals surface area contributed by atoms with Crippen molar-refractivity contribution in [1.29, 1.82) is 0 Å². The lowest BCUT2D eigenvalue weighted by Crippen LogP contribution is -2.35. The van der Waals surface area contributed by atoms with Crippen LogP contribution in [0.15, 0.2) is 59.7 Å². The maximum absolute atomic E-state index is 12.6. The average Bonchev–Trinajstić information content (AvgIpc) is 3.10. The van der Waals surface area contributed by atoms with Gasteiger partial charge in [-0.2, -0.15) is 5.10 Å². The van der Waals surface area contributed by atoms with Gasteiger partial charge in [0.1, 0.15) is 0 Å². The Balaban J connectivity index is 1.58.